The molecule has 0 aromatic heterocycles. The highest BCUT2D eigenvalue weighted by molar-refractivity contribution is 6.29. The van der Waals surface area contributed by atoms with Crippen LogP contribution in [0, 0.1) is 0 Å². The molecule has 3 nitrogen and oxygen atoms in total. The summed E-state index contributed by atoms with van der Waals surface area (Å²) in [5, 5.41) is 8.77. The van der Waals surface area contributed by atoms with Crippen LogP contribution in [0.5, 0.6) is 0 Å². The first-order valence-corrected chi connectivity index (χ1v) is 8.40. The van der Waals surface area contributed by atoms with Crippen molar-refractivity contribution in [1.82, 2.24) is 0 Å². The minimum atomic E-state index is -0.807. The Bertz CT molecular complexity index is 251. The fraction of sp³-hybridized carbons (Fsp3) is 0.786. The summed E-state index contributed by atoms with van der Waals surface area (Å²) < 4.78 is 5.37. The summed E-state index contributed by atoms with van der Waals surface area (Å²) in [7, 11) is 1.36. The second-order valence-electron chi connectivity index (χ2n) is 4.94. The van der Waals surface area contributed by atoms with Crippen LogP contribution >= 0.6 is 0 Å². The van der Waals surface area contributed by atoms with Crippen molar-refractivity contribution < 1.29 is 14.3 Å². The van der Waals surface area contributed by atoms with Gasteiger partial charge in [-0.3, -0.25) is 0 Å². The summed E-state index contributed by atoms with van der Waals surface area (Å²) in [5.74, 6) is -0.807. The molecule has 0 bridgehead atoms. The molecule has 0 aliphatic carbocycles. The van der Waals surface area contributed by atoms with Crippen molar-refractivity contribution >= 4 is 15.7 Å². The monoisotopic (exact) mass is 272 g/mol. The van der Waals surface area contributed by atoms with Gasteiger partial charge in [-0.05, 0) is 25.3 Å². The Labute approximate surface area is 114 Å². The normalized spacial score (nSPS) is 14.3. The first kappa shape index (κ1) is 17.4. The summed E-state index contributed by atoms with van der Waals surface area (Å²) in [6.45, 7) is 3.88. The van der Waals surface area contributed by atoms with Crippen LogP contribution in [-0.4, -0.2) is 27.9 Å². The maximum absolute atomic E-state index is 10.7. The zero-order valence-corrected chi connectivity index (χ0v) is 13.5. The van der Waals surface area contributed by atoms with E-state index in [9.17, 15) is 4.79 Å². The summed E-state index contributed by atoms with van der Waals surface area (Å²) in [4.78, 5) is 10.7. The maximum Gasteiger partial charge on any atom is 0.330 e. The Morgan fingerprint density at radius 1 is 1.33 bits per heavy atom. The summed E-state index contributed by atoms with van der Waals surface area (Å²) in [5.41, 5.74) is 1.16. The second kappa shape index (κ2) is 11.5. The zero-order chi connectivity index (χ0) is 13.8. The molecule has 0 amide bonds. The van der Waals surface area contributed by atoms with Crippen LogP contribution in [0.15, 0.2) is 11.6 Å². The third-order valence-corrected chi connectivity index (χ3v) is 4.85. The highest BCUT2D eigenvalue weighted by Gasteiger charge is 2.09. The predicted molar refractivity (Wildman–Crippen MR) is 78.7 cm³/mol. The molecule has 0 fully saturated rings. The first-order chi connectivity index (χ1) is 8.61. The molecule has 18 heavy (non-hydrogen) atoms. The van der Waals surface area contributed by atoms with Gasteiger partial charge in [0.05, 0.1) is 0 Å². The van der Waals surface area contributed by atoms with E-state index in [4.69, 9.17) is 9.53 Å². The van der Waals surface area contributed by atoms with E-state index in [1.165, 1.54) is 32.1 Å². The first-order valence-electron chi connectivity index (χ1n) is 7.00. The largest absolute Gasteiger partial charge is 0.478 e. The molecule has 0 aliphatic heterocycles. The van der Waals surface area contributed by atoms with Crippen molar-refractivity contribution in [3.8, 4) is 0 Å². The number of carbonyl (C=O) groups is 1. The summed E-state index contributed by atoms with van der Waals surface area (Å²) in [6, 6.07) is 0. The van der Waals surface area contributed by atoms with Gasteiger partial charge in [-0.1, -0.05) is 45.1 Å². The number of unbranched alkanes of at least 4 members (excludes halogenated alkanes) is 3. The van der Waals surface area contributed by atoms with Gasteiger partial charge >= 0.3 is 5.97 Å². The van der Waals surface area contributed by atoms with E-state index < -0.39 is 15.7 Å². The molecule has 0 spiro atoms. The van der Waals surface area contributed by atoms with E-state index in [0.717, 1.165) is 12.8 Å². The van der Waals surface area contributed by atoms with Crippen molar-refractivity contribution in [3.63, 3.8) is 0 Å². The molecule has 0 rings (SSSR count). The van der Waals surface area contributed by atoms with Crippen LogP contribution in [0.3, 0.4) is 0 Å². The van der Waals surface area contributed by atoms with Crippen LogP contribution in [-0.2, 0) is 9.22 Å². The number of carboxylic acid groups (broad SMARTS) is 1. The third-order valence-electron chi connectivity index (χ3n) is 3.23. The average molecular weight is 272 g/mol. The Kier molecular flexibility index (Phi) is 11.1. The molecule has 0 radical (unpaired) electrons. The van der Waals surface area contributed by atoms with Gasteiger partial charge in [0.1, 0.15) is 0 Å². The van der Waals surface area contributed by atoms with Crippen molar-refractivity contribution in [1.29, 1.82) is 0 Å². The minimum Gasteiger partial charge on any atom is -0.478 e. The van der Waals surface area contributed by atoms with E-state index in [2.05, 4.69) is 6.92 Å². The number of allylic oxidation sites excluding steroid dienone is 1. The zero-order valence-electron chi connectivity index (χ0n) is 12.1. The molecule has 0 aromatic rings. The minimum absolute atomic E-state index is 0.440. The molecule has 0 aliphatic rings. The Balaban J connectivity index is 3.88. The molecule has 0 heterocycles. The second-order valence-corrected chi connectivity index (χ2v) is 7.01. The maximum atomic E-state index is 10.7. The lowest BCUT2D eigenvalue weighted by molar-refractivity contribution is -0.132. The van der Waals surface area contributed by atoms with Gasteiger partial charge in [0.2, 0.25) is 0 Å². The van der Waals surface area contributed by atoms with E-state index in [0.29, 0.717) is 11.1 Å². The highest BCUT2D eigenvalue weighted by atomic mass is 28.2. The lowest BCUT2D eigenvalue weighted by Gasteiger charge is -2.14. The van der Waals surface area contributed by atoms with Crippen molar-refractivity contribution in [2.24, 2.45) is 0 Å². The van der Waals surface area contributed by atoms with Gasteiger partial charge < -0.3 is 9.53 Å². The fourth-order valence-electron chi connectivity index (χ4n) is 2.03. The molecule has 0 saturated heterocycles. The lowest BCUT2D eigenvalue weighted by atomic mass is 10.1. The van der Waals surface area contributed by atoms with Gasteiger partial charge in [-0.2, -0.15) is 0 Å². The van der Waals surface area contributed by atoms with E-state index in [1.807, 2.05) is 6.08 Å². The summed E-state index contributed by atoms with van der Waals surface area (Å²) >= 11 is 0. The van der Waals surface area contributed by atoms with Crippen LogP contribution in [0.2, 0.25) is 5.54 Å². The van der Waals surface area contributed by atoms with Gasteiger partial charge in [0.15, 0.2) is 9.76 Å². The lowest BCUT2D eigenvalue weighted by Crippen LogP contribution is -2.06. The smallest absolute Gasteiger partial charge is 0.330 e. The SMILES string of the molecule is CCCCCCC(CCC=C(C)C(=O)O)[SiH2]OC. The molecule has 0 saturated carbocycles. The number of hydrogen-bond acceptors (Lipinski definition) is 2. The van der Waals surface area contributed by atoms with Crippen molar-refractivity contribution in [2.45, 2.75) is 64.3 Å². The van der Waals surface area contributed by atoms with Crippen LogP contribution in [0.4, 0.5) is 0 Å². The molecular weight excluding hydrogens is 244 g/mol. The number of rotatable bonds is 11. The Morgan fingerprint density at radius 3 is 2.61 bits per heavy atom. The molecule has 0 aromatic carbocycles. The van der Waals surface area contributed by atoms with Crippen LogP contribution < -0.4 is 0 Å². The Hall–Kier alpha value is -0.613. The fourth-order valence-corrected chi connectivity index (χ4v) is 3.36. The molecule has 1 atom stereocenters. The van der Waals surface area contributed by atoms with Gasteiger partial charge in [-0.15, -0.1) is 0 Å². The van der Waals surface area contributed by atoms with E-state index >= 15 is 0 Å². The predicted octanol–water partition coefficient (Wildman–Crippen LogP) is 3.29. The van der Waals surface area contributed by atoms with Crippen LogP contribution in [0.25, 0.3) is 0 Å². The molecular formula is C14H28O3Si. The number of aliphatic carboxylic acids is 1. The molecule has 1 unspecified atom stereocenters. The van der Waals surface area contributed by atoms with Gasteiger partial charge in [-0.25, -0.2) is 4.79 Å². The average Bonchev–Trinajstić information content (AvgIpc) is 2.34. The third kappa shape index (κ3) is 9.42. The van der Waals surface area contributed by atoms with Crippen LogP contribution in [0.1, 0.15) is 58.8 Å². The molecule has 1 N–H and O–H groups in total. The summed E-state index contributed by atoms with van der Waals surface area (Å²) in [6.07, 6.45) is 10.2. The standard InChI is InChI=1S/C14H28O3Si/c1-4-5-6-7-10-13(18-17-3)11-8-9-12(2)14(15)16/h9,13H,4-8,10-11,18H2,1-3H3,(H,15,16). The number of hydrogen-bond donors (Lipinski definition) is 1. The van der Waals surface area contributed by atoms with E-state index in [-0.39, 0.29) is 0 Å². The molecule has 106 valence electrons. The van der Waals surface area contributed by atoms with Gasteiger partial charge in [0, 0.05) is 12.7 Å². The quantitative estimate of drug-likeness (QED) is 0.357. The van der Waals surface area contributed by atoms with Gasteiger partial charge in [0.25, 0.3) is 0 Å². The topological polar surface area (TPSA) is 46.5 Å². The molecule has 4 heteroatoms. The number of carboxylic acids is 1. The Morgan fingerprint density at radius 2 is 2.06 bits per heavy atom. The van der Waals surface area contributed by atoms with Crippen molar-refractivity contribution in [2.75, 3.05) is 7.11 Å². The van der Waals surface area contributed by atoms with Crippen molar-refractivity contribution in [3.05, 3.63) is 11.6 Å². The highest BCUT2D eigenvalue weighted by Crippen LogP contribution is 2.21. The van der Waals surface area contributed by atoms with E-state index in [1.54, 1.807) is 14.0 Å².